The number of nitrogens with two attached hydrogens (primary N) is 1. The lowest BCUT2D eigenvalue weighted by molar-refractivity contribution is -0.119. The van der Waals surface area contributed by atoms with Crippen molar-refractivity contribution in [1.82, 2.24) is 0 Å². The normalized spacial score (nSPS) is 11.3. The van der Waals surface area contributed by atoms with Crippen LogP contribution in [0.1, 0.15) is 0 Å². The van der Waals surface area contributed by atoms with Gasteiger partial charge in [0.2, 0.25) is 5.91 Å². The molecule has 0 atom stereocenters. The van der Waals surface area contributed by atoms with Crippen LogP contribution >= 0.6 is 15.9 Å². The predicted molar refractivity (Wildman–Crippen MR) is 56.5 cm³/mol. The van der Waals surface area contributed by atoms with Gasteiger partial charge in [-0.3, -0.25) is 8.98 Å². The molecule has 2 N–H and O–H groups in total. The van der Waals surface area contributed by atoms with Gasteiger partial charge in [0.15, 0.2) is 0 Å². The molecule has 0 unspecified atom stereocenters. The standard InChI is InChI=1S/C8H8BrNO4S/c9-6-1-3-7(4-2-6)15(12,13)14-5-8(10)11/h1-4H,5H2,(H2,10,11). The van der Waals surface area contributed by atoms with Crippen molar-refractivity contribution in [3.63, 3.8) is 0 Å². The first-order valence-corrected chi connectivity index (χ1v) is 6.05. The fourth-order valence-corrected chi connectivity index (χ4v) is 1.95. The van der Waals surface area contributed by atoms with E-state index in [9.17, 15) is 13.2 Å². The maximum absolute atomic E-state index is 11.4. The number of hydrogen-bond acceptors (Lipinski definition) is 4. The van der Waals surface area contributed by atoms with Gasteiger partial charge in [-0.25, -0.2) is 0 Å². The van der Waals surface area contributed by atoms with E-state index in [1.54, 1.807) is 12.1 Å². The molecule has 0 saturated heterocycles. The minimum absolute atomic E-state index is 0.0213. The van der Waals surface area contributed by atoms with Crippen molar-refractivity contribution in [1.29, 1.82) is 0 Å². The molecule has 0 spiro atoms. The molecule has 0 radical (unpaired) electrons. The van der Waals surface area contributed by atoms with E-state index in [1.807, 2.05) is 0 Å². The lowest BCUT2D eigenvalue weighted by Gasteiger charge is -2.03. The Morgan fingerprint density at radius 2 is 1.87 bits per heavy atom. The smallest absolute Gasteiger partial charge is 0.297 e. The quantitative estimate of drug-likeness (QED) is 0.826. The van der Waals surface area contributed by atoms with Crippen LogP contribution in [0.2, 0.25) is 0 Å². The second-order valence-corrected chi connectivity index (χ2v) is 5.17. The third-order valence-corrected chi connectivity index (χ3v) is 3.26. The van der Waals surface area contributed by atoms with Gasteiger partial charge in [-0.2, -0.15) is 8.42 Å². The fourth-order valence-electron chi connectivity index (χ4n) is 0.805. The van der Waals surface area contributed by atoms with E-state index >= 15 is 0 Å². The number of primary amides is 1. The maximum atomic E-state index is 11.4. The first-order chi connectivity index (χ1) is 6.92. The summed E-state index contributed by atoms with van der Waals surface area (Å²) in [6.45, 7) is -0.654. The Hall–Kier alpha value is -0.920. The van der Waals surface area contributed by atoms with Gasteiger partial charge < -0.3 is 5.73 Å². The molecular weight excluding hydrogens is 286 g/mol. The number of carbonyl (C=O) groups excluding carboxylic acids is 1. The summed E-state index contributed by atoms with van der Waals surface area (Å²) in [5, 5.41) is 0. The highest BCUT2D eigenvalue weighted by molar-refractivity contribution is 9.10. The highest BCUT2D eigenvalue weighted by Crippen LogP contribution is 2.16. The lowest BCUT2D eigenvalue weighted by atomic mass is 10.4. The Morgan fingerprint density at radius 3 is 2.33 bits per heavy atom. The molecule has 0 aromatic heterocycles. The third-order valence-electron chi connectivity index (χ3n) is 1.46. The Kier molecular flexibility index (Phi) is 3.83. The van der Waals surface area contributed by atoms with Crippen molar-refractivity contribution in [3.05, 3.63) is 28.7 Å². The highest BCUT2D eigenvalue weighted by Gasteiger charge is 2.15. The van der Waals surface area contributed by atoms with Gasteiger partial charge in [0, 0.05) is 4.47 Å². The average molecular weight is 294 g/mol. The van der Waals surface area contributed by atoms with Crippen LogP contribution in [-0.4, -0.2) is 20.9 Å². The zero-order valence-electron chi connectivity index (χ0n) is 7.51. The van der Waals surface area contributed by atoms with Crippen molar-refractivity contribution < 1.29 is 17.4 Å². The topological polar surface area (TPSA) is 86.5 Å². The van der Waals surface area contributed by atoms with E-state index in [4.69, 9.17) is 5.73 Å². The van der Waals surface area contributed by atoms with Gasteiger partial charge in [0.05, 0.1) is 4.90 Å². The maximum Gasteiger partial charge on any atom is 0.297 e. The van der Waals surface area contributed by atoms with Gasteiger partial charge in [-0.1, -0.05) is 15.9 Å². The molecule has 1 aromatic carbocycles. The molecule has 0 bridgehead atoms. The van der Waals surface area contributed by atoms with E-state index in [-0.39, 0.29) is 4.90 Å². The van der Waals surface area contributed by atoms with Gasteiger partial charge in [-0.05, 0) is 24.3 Å². The van der Waals surface area contributed by atoms with E-state index in [0.29, 0.717) is 0 Å². The fraction of sp³-hybridized carbons (Fsp3) is 0.125. The number of rotatable bonds is 4. The average Bonchev–Trinajstić information content (AvgIpc) is 2.16. The molecule has 0 heterocycles. The number of benzene rings is 1. The highest BCUT2D eigenvalue weighted by atomic mass is 79.9. The Bertz CT molecular complexity index is 454. The summed E-state index contributed by atoms with van der Waals surface area (Å²) in [7, 11) is -3.89. The van der Waals surface area contributed by atoms with E-state index in [2.05, 4.69) is 20.1 Å². The minimum atomic E-state index is -3.89. The summed E-state index contributed by atoms with van der Waals surface area (Å²) in [5.41, 5.74) is 4.77. The van der Waals surface area contributed by atoms with Gasteiger partial charge >= 0.3 is 0 Å². The Labute approximate surface area is 95.5 Å². The molecule has 82 valence electrons. The predicted octanol–water partition coefficient (Wildman–Crippen LogP) is 0.640. The molecule has 1 aromatic rings. The minimum Gasteiger partial charge on any atom is -0.368 e. The molecule has 0 saturated carbocycles. The Balaban J connectivity index is 2.87. The van der Waals surface area contributed by atoms with Gasteiger partial charge in [0.25, 0.3) is 10.1 Å². The number of halogens is 1. The zero-order chi connectivity index (χ0) is 11.5. The molecule has 5 nitrogen and oxygen atoms in total. The molecule has 0 fully saturated rings. The summed E-state index contributed by atoms with van der Waals surface area (Å²) in [6, 6.07) is 5.84. The van der Waals surface area contributed by atoms with Gasteiger partial charge in [-0.15, -0.1) is 0 Å². The monoisotopic (exact) mass is 293 g/mol. The molecular formula is C8H8BrNO4S. The second kappa shape index (κ2) is 4.73. The molecule has 1 rings (SSSR count). The first kappa shape index (κ1) is 12.2. The zero-order valence-corrected chi connectivity index (χ0v) is 9.92. The van der Waals surface area contributed by atoms with Crippen molar-refractivity contribution in [2.75, 3.05) is 6.61 Å². The number of carbonyl (C=O) groups is 1. The summed E-state index contributed by atoms with van der Waals surface area (Å²) >= 11 is 3.16. The van der Waals surface area contributed by atoms with Crippen molar-refractivity contribution in [2.24, 2.45) is 5.73 Å². The first-order valence-electron chi connectivity index (χ1n) is 3.85. The van der Waals surface area contributed by atoms with E-state index in [1.165, 1.54) is 12.1 Å². The summed E-state index contributed by atoms with van der Waals surface area (Å²) in [6.07, 6.45) is 0. The van der Waals surface area contributed by atoms with Crippen LogP contribution in [0.25, 0.3) is 0 Å². The van der Waals surface area contributed by atoms with Crippen molar-refractivity contribution in [3.8, 4) is 0 Å². The summed E-state index contributed by atoms with van der Waals surface area (Å²) < 4.78 is 28.0. The van der Waals surface area contributed by atoms with Crippen molar-refractivity contribution in [2.45, 2.75) is 4.90 Å². The van der Waals surface area contributed by atoms with Crippen LogP contribution in [-0.2, 0) is 19.1 Å². The molecule has 0 aliphatic heterocycles. The molecule has 1 amide bonds. The largest absolute Gasteiger partial charge is 0.368 e. The number of hydrogen-bond donors (Lipinski definition) is 1. The van der Waals surface area contributed by atoms with E-state index in [0.717, 1.165) is 4.47 Å². The SMILES string of the molecule is NC(=O)COS(=O)(=O)c1ccc(Br)cc1. The molecule has 7 heteroatoms. The molecule has 0 aliphatic rings. The van der Waals surface area contributed by atoms with Crippen LogP contribution in [0.3, 0.4) is 0 Å². The third kappa shape index (κ3) is 3.61. The Morgan fingerprint density at radius 1 is 1.33 bits per heavy atom. The van der Waals surface area contributed by atoms with Crippen LogP contribution in [0, 0.1) is 0 Å². The molecule has 0 aliphatic carbocycles. The molecule has 15 heavy (non-hydrogen) atoms. The second-order valence-electron chi connectivity index (χ2n) is 2.64. The summed E-state index contributed by atoms with van der Waals surface area (Å²) in [4.78, 5) is 10.3. The number of amides is 1. The van der Waals surface area contributed by atoms with Crippen molar-refractivity contribution >= 4 is 32.0 Å². The lowest BCUT2D eigenvalue weighted by Crippen LogP contribution is -2.21. The van der Waals surface area contributed by atoms with E-state index < -0.39 is 22.6 Å². The van der Waals surface area contributed by atoms with Crippen LogP contribution in [0.5, 0.6) is 0 Å². The van der Waals surface area contributed by atoms with Crippen LogP contribution in [0.15, 0.2) is 33.6 Å². The van der Waals surface area contributed by atoms with Crippen LogP contribution < -0.4 is 5.73 Å². The summed E-state index contributed by atoms with van der Waals surface area (Å²) in [5.74, 6) is -0.837. The van der Waals surface area contributed by atoms with Crippen LogP contribution in [0.4, 0.5) is 0 Å². The van der Waals surface area contributed by atoms with Gasteiger partial charge in [0.1, 0.15) is 6.61 Å².